The van der Waals surface area contributed by atoms with E-state index < -0.39 is 0 Å². The Balaban J connectivity index is 2.04. The van der Waals surface area contributed by atoms with E-state index in [1.165, 1.54) is 7.11 Å². The number of ether oxygens (including phenoxy) is 2. The zero-order chi connectivity index (χ0) is 13.0. The van der Waals surface area contributed by atoms with Crippen LogP contribution in [0.3, 0.4) is 0 Å². The number of halogens is 2. The van der Waals surface area contributed by atoms with Crippen LogP contribution in [0.25, 0.3) is 0 Å². The van der Waals surface area contributed by atoms with E-state index in [-0.39, 0.29) is 11.9 Å². The number of alkyl halides is 1. The highest BCUT2D eigenvalue weighted by atomic mass is 79.9. The molecule has 1 saturated heterocycles. The first kappa shape index (κ1) is 13.8. The van der Waals surface area contributed by atoms with Crippen LogP contribution in [0.4, 0.5) is 4.39 Å². The summed E-state index contributed by atoms with van der Waals surface area (Å²) >= 11 is 3.42. The zero-order valence-electron chi connectivity index (χ0n) is 10.4. The molecule has 1 unspecified atom stereocenters. The molecule has 100 valence electrons. The van der Waals surface area contributed by atoms with Gasteiger partial charge in [0.15, 0.2) is 11.6 Å². The molecule has 2 rings (SSSR count). The van der Waals surface area contributed by atoms with Gasteiger partial charge in [0.2, 0.25) is 0 Å². The van der Waals surface area contributed by atoms with Gasteiger partial charge in [-0.25, -0.2) is 4.39 Å². The molecule has 1 atom stereocenters. The Morgan fingerprint density at radius 1 is 1.56 bits per heavy atom. The molecule has 18 heavy (non-hydrogen) atoms. The monoisotopic (exact) mass is 317 g/mol. The second-order valence-corrected chi connectivity index (χ2v) is 4.96. The predicted octanol–water partition coefficient (Wildman–Crippen LogP) is 2.43. The predicted molar refractivity (Wildman–Crippen MR) is 71.8 cm³/mol. The van der Waals surface area contributed by atoms with Crippen LogP contribution in [-0.2, 0) is 11.3 Å². The lowest BCUT2D eigenvalue weighted by Crippen LogP contribution is -2.42. The molecule has 5 heteroatoms. The summed E-state index contributed by atoms with van der Waals surface area (Å²) in [7, 11) is 1.48. The molecule has 1 aromatic rings. The van der Waals surface area contributed by atoms with Crippen LogP contribution in [0, 0.1) is 5.82 Å². The van der Waals surface area contributed by atoms with Crippen LogP contribution in [0.15, 0.2) is 18.2 Å². The van der Waals surface area contributed by atoms with Gasteiger partial charge in [0.05, 0.1) is 19.8 Å². The maximum absolute atomic E-state index is 14.0. The molecule has 0 bridgehead atoms. The number of methoxy groups -OCH3 is 1. The summed E-state index contributed by atoms with van der Waals surface area (Å²) in [6, 6.07) is 5.26. The average molecular weight is 318 g/mol. The fourth-order valence-corrected chi connectivity index (χ4v) is 2.49. The molecule has 1 aliphatic rings. The number of rotatable bonds is 4. The van der Waals surface area contributed by atoms with Crippen LogP contribution in [0.1, 0.15) is 5.56 Å². The van der Waals surface area contributed by atoms with E-state index in [2.05, 4.69) is 20.8 Å². The van der Waals surface area contributed by atoms with Gasteiger partial charge in [-0.15, -0.1) is 0 Å². The van der Waals surface area contributed by atoms with Gasteiger partial charge >= 0.3 is 0 Å². The second-order valence-electron chi connectivity index (χ2n) is 4.32. The molecule has 1 aliphatic heterocycles. The van der Waals surface area contributed by atoms with Crippen LogP contribution in [-0.4, -0.2) is 43.1 Å². The highest BCUT2D eigenvalue weighted by molar-refractivity contribution is 9.09. The summed E-state index contributed by atoms with van der Waals surface area (Å²) in [6.07, 6.45) is 0.187. The molecule has 0 spiro atoms. The van der Waals surface area contributed by atoms with Gasteiger partial charge in [0.25, 0.3) is 0 Å². The second kappa shape index (κ2) is 6.50. The fourth-order valence-electron chi connectivity index (χ4n) is 2.09. The molecule has 0 N–H and O–H groups in total. The van der Waals surface area contributed by atoms with Crippen LogP contribution < -0.4 is 4.74 Å². The van der Waals surface area contributed by atoms with Crippen molar-refractivity contribution in [3.05, 3.63) is 29.6 Å². The van der Waals surface area contributed by atoms with Crippen molar-refractivity contribution in [1.29, 1.82) is 0 Å². The molecule has 0 amide bonds. The van der Waals surface area contributed by atoms with Gasteiger partial charge in [0, 0.05) is 30.5 Å². The van der Waals surface area contributed by atoms with Gasteiger partial charge in [0.1, 0.15) is 0 Å². The third-order valence-corrected chi connectivity index (χ3v) is 3.77. The lowest BCUT2D eigenvalue weighted by Gasteiger charge is -2.32. The highest BCUT2D eigenvalue weighted by Gasteiger charge is 2.21. The normalized spacial score (nSPS) is 20.9. The smallest absolute Gasteiger partial charge is 0.169 e. The quantitative estimate of drug-likeness (QED) is 0.796. The summed E-state index contributed by atoms with van der Waals surface area (Å²) < 4.78 is 24.6. The Labute approximate surface area is 115 Å². The third kappa shape index (κ3) is 3.22. The summed E-state index contributed by atoms with van der Waals surface area (Å²) in [4.78, 5) is 2.20. The van der Waals surface area contributed by atoms with Crippen LogP contribution >= 0.6 is 15.9 Å². The zero-order valence-corrected chi connectivity index (χ0v) is 12.0. The van der Waals surface area contributed by atoms with Gasteiger partial charge in [-0.3, -0.25) is 4.90 Å². The van der Waals surface area contributed by atoms with Gasteiger partial charge in [-0.1, -0.05) is 28.1 Å². The standard InChI is InChI=1S/C13H17BrFNO2/c1-17-12-4-2-3-10(13(12)15)8-16-5-6-18-11(7-14)9-16/h2-4,11H,5-9H2,1H3. The number of nitrogens with zero attached hydrogens (tertiary/aromatic N) is 1. The minimum absolute atomic E-state index is 0.187. The Morgan fingerprint density at radius 2 is 2.39 bits per heavy atom. The van der Waals surface area contributed by atoms with E-state index in [4.69, 9.17) is 9.47 Å². The SMILES string of the molecule is COc1cccc(CN2CCOC(CBr)C2)c1F. The maximum atomic E-state index is 14.0. The van der Waals surface area contributed by atoms with Crippen molar-refractivity contribution in [2.75, 3.05) is 32.1 Å². The molecule has 0 radical (unpaired) electrons. The van der Waals surface area contributed by atoms with Crippen molar-refractivity contribution < 1.29 is 13.9 Å². The Hall–Kier alpha value is -0.650. The Bertz CT molecular complexity index is 403. The first-order valence-corrected chi connectivity index (χ1v) is 7.08. The summed E-state index contributed by atoms with van der Waals surface area (Å²) in [6.45, 7) is 2.94. The number of morpholine rings is 1. The largest absolute Gasteiger partial charge is 0.494 e. The van der Waals surface area contributed by atoms with Crippen molar-refractivity contribution in [2.24, 2.45) is 0 Å². The first-order valence-electron chi connectivity index (χ1n) is 5.96. The van der Waals surface area contributed by atoms with E-state index in [0.29, 0.717) is 24.5 Å². The molecular formula is C13H17BrFNO2. The minimum Gasteiger partial charge on any atom is -0.494 e. The summed E-state index contributed by atoms with van der Waals surface area (Å²) in [5, 5.41) is 0.810. The van der Waals surface area contributed by atoms with E-state index >= 15 is 0 Å². The van der Waals surface area contributed by atoms with Gasteiger partial charge < -0.3 is 9.47 Å². The first-order chi connectivity index (χ1) is 8.74. The highest BCUT2D eigenvalue weighted by Crippen LogP contribution is 2.22. The molecule has 3 nitrogen and oxygen atoms in total. The molecule has 0 aromatic heterocycles. The van der Waals surface area contributed by atoms with Crippen LogP contribution in [0.5, 0.6) is 5.75 Å². The fraction of sp³-hybridized carbons (Fsp3) is 0.538. The molecular weight excluding hydrogens is 301 g/mol. The molecule has 0 aliphatic carbocycles. The van der Waals surface area contributed by atoms with Crippen molar-refractivity contribution in [3.8, 4) is 5.75 Å². The van der Waals surface area contributed by atoms with E-state index in [9.17, 15) is 4.39 Å². The molecule has 1 aromatic carbocycles. The summed E-state index contributed by atoms with van der Waals surface area (Å²) in [5.41, 5.74) is 0.671. The third-order valence-electron chi connectivity index (χ3n) is 3.05. The van der Waals surface area contributed by atoms with Gasteiger partial charge in [-0.2, -0.15) is 0 Å². The topological polar surface area (TPSA) is 21.7 Å². The van der Waals surface area contributed by atoms with Gasteiger partial charge in [-0.05, 0) is 6.07 Å². The minimum atomic E-state index is -0.262. The van der Waals surface area contributed by atoms with E-state index in [1.807, 2.05) is 6.07 Å². The summed E-state index contributed by atoms with van der Waals surface area (Å²) in [5.74, 6) is 0.0414. The molecule has 0 saturated carbocycles. The van der Waals surface area contributed by atoms with E-state index in [0.717, 1.165) is 18.4 Å². The van der Waals surface area contributed by atoms with Crippen molar-refractivity contribution in [3.63, 3.8) is 0 Å². The molecule has 1 heterocycles. The Kier molecular flexibility index (Phi) is 4.97. The van der Waals surface area contributed by atoms with Crippen molar-refractivity contribution >= 4 is 15.9 Å². The maximum Gasteiger partial charge on any atom is 0.169 e. The lowest BCUT2D eigenvalue weighted by molar-refractivity contribution is -0.0184. The Morgan fingerprint density at radius 3 is 3.11 bits per heavy atom. The lowest BCUT2D eigenvalue weighted by atomic mass is 10.1. The van der Waals surface area contributed by atoms with Crippen LogP contribution in [0.2, 0.25) is 0 Å². The number of hydrogen-bond acceptors (Lipinski definition) is 3. The number of benzene rings is 1. The van der Waals surface area contributed by atoms with Crippen molar-refractivity contribution in [1.82, 2.24) is 4.90 Å². The van der Waals surface area contributed by atoms with E-state index in [1.54, 1.807) is 12.1 Å². The average Bonchev–Trinajstić information content (AvgIpc) is 2.41. The van der Waals surface area contributed by atoms with Crippen molar-refractivity contribution in [2.45, 2.75) is 12.6 Å². The number of hydrogen-bond donors (Lipinski definition) is 0. The molecule has 1 fully saturated rings.